The summed E-state index contributed by atoms with van der Waals surface area (Å²) in [4.78, 5) is 14.0. The molecule has 0 saturated carbocycles. The van der Waals surface area contributed by atoms with Crippen molar-refractivity contribution >= 4 is 5.91 Å². The summed E-state index contributed by atoms with van der Waals surface area (Å²) < 4.78 is 0. The predicted octanol–water partition coefficient (Wildman–Crippen LogP) is 0.877. The SMILES string of the molecule is CC(C)(N)C(=O)N1C2CCC1CC2. The number of rotatable bonds is 1. The van der Waals surface area contributed by atoms with Crippen molar-refractivity contribution in [2.24, 2.45) is 5.73 Å². The largest absolute Gasteiger partial charge is 0.335 e. The minimum absolute atomic E-state index is 0.137. The minimum Gasteiger partial charge on any atom is -0.335 e. The molecule has 2 aliphatic rings. The van der Waals surface area contributed by atoms with Crippen LogP contribution in [0.5, 0.6) is 0 Å². The summed E-state index contributed by atoms with van der Waals surface area (Å²) >= 11 is 0. The van der Waals surface area contributed by atoms with Gasteiger partial charge in [0.05, 0.1) is 5.54 Å². The van der Waals surface area contributed by atoms with Crippen LogP contribution in [0.3, 0.4) is 0 Å². The first-order valence-electron chi connectivity index (χ1n) is 5.12. The zero-order chi connectivity index (χ0) is 9.64. The Morgan fingerprint density at radius 2 is 1.62 bits per heavy atom. The van der Waals surface area contributed by atoms with Gasteiger partial charge in [0.2, 0.25) is 5.91 Å². The lowest BCUT2D eigenvalue weighted by atomic mass is 10.0. The van der Waals surface area contributed by atoms with Crippen LogP contribution in [0.25, 0.3) is 0 Å². The van der Waals surface area contributed by atoms with Crippen molar-refractivity contribution in [1.82, 2.24) is 4.90 Å². The van der Waals surface area contributed by atoms with E-state index in [0.717, 1.165) is 0 Å². The molecule has 0 aliphatic carbocycles. The molecule has 1 amide bonds. The van der Waals surface area contributed by atoms with Gasteiger partial charge in [-0.2, -0.15) is 0 Å². The van der Waals surface area contributed by atoms with E-state index in [0.29, 0.717) is 12.1 Å². The van der Waals surface area contributed by atoms with Crippen LogP contribution in [-0.4, -0.2) is 28.4 Å². The van der Waals surface area contributed by atoms with Gasteiger partial charge >= 0.3 is 0 Å². The summed E-state index contributed by atoms with van der Waals surface area (Å²) in [5.74, 6) is 0.137. The highest BCUT2D eigenvalue weighted by Gasteiger charge is 2.45. The quantitative estimate of drug-likeness (QED) is 0.654. The number of nitrogens with two attached hydrogens (primary N) is 1. The topological polar surface area (TPSA) is 46.3 Å². The predicted molar refractivity (Wildman–Crippen MR) is 51.2 cm³/mol. The van der Waals surface area contributed by atoms with Gasteiger partial charge in [0.15, 0.2) is 0 Å². The van der Waals surface area contributed by atoms with E-state index in [4.69, 9.17) is 5.73 Å². The van der Waals surface area contributed by atoms with Gasteiger partial charge in [-0.15, -0.1) is 0 Å². The molecule has 0 aromatic carbocycles. The molecular formula is C10H18N2O. The first kappa shape index (κ1) is 9.00. The van der Waals surface area contributed by atoms with Gasteiger partial charge in [0, 0.05) is 12.1 Å². The lowest BCUT2D eigenvalue weighted by Crippen LogP contribution is -2.52. The van der Waals surface area contributed by atoms with Gasteiger partial charge in [0.1, 0.15) is 0 Å². The molecule has 2 fully saturated rings. The molecule has 0 spiro atoms. The van der Waals surface area contributed by atoms with Crippen LogP contribution in [0.2, 0.25) is 0 Å². The van der Waals surface area contributed by atoms with Gasteiger partial charge in [-0.05, 0) is 39.5 Å². The molecule has 3 heteroatoms. The van der Waals surface area contributed by atoms with E-state index < -0.39 is 5.54 Å². The molecule has 0 aromatic rings. The van der Waals surface area contributed by atoms with Crippen molar-refractivity contribution in [2.75, 3.05) is 0 Å². The van der Waals surface area contributed by atoms with Crippen LogP contribution in [0.4, 0.5) is 0 Å². The third-order valence-corrected chi connectivity index (χ3v) is 3.24. The fourth-order valence-corrected chi connectivity index (χ4v) is 2.58. The standard InChI is InChI=1S/C10H18N2O/c1-10(2,11)9(13)12-7-3-4-8(12)6-5-7/h7-8H,3-6,11H2,1-2H3. The van der Waals surface area contributed by atoms with Crippen molar-refractivity contribution in [3.05, 3.63) is 0 Å². The molecule has 0 radical (unpaired) electrons. The number of carbonyl (C=O) groups is 1. The van der Waals surface area contributed by atoms with Crippen LogP contribution in [-0.2, 0) is 4.79 Å². The summed E-state index contributed by atoms with van der Waals surface area (Å²) in [6.45, 7) is 3.60. The van der Waals surface area contributed by atoms with Crippen LogP contribution in [0, 0.1) is 0 Å². The fraction of sp³-hybridized carbons (Fsp3) is 0.900. The van der Waals surface area contributed by atoms with Gasteiger partial charge in [0.25, 0.3) is 0 Å². The molecule has 13 heavy (non-hydrogen) atoms. The number of hydrogen-bond acceptors (Lipinski definition) is 2. The summed E-state index contributed by atoms with van der Waals surface area (Å²) in [5, 5.41) is 0. The van der Waals surface area contributed by atoms with Crippen LogP contribution in [0.15, 0.2) is 0 Å². The highest BCUT2D eigenvalue weighted by Crippen LogP contribution is 2.38. The van der Waals surface area contributed by atoms with Gasteiger partial charge in [-0.1, -0.05) is 0 Å². The van der Waals surface area contributed by atoms with Gasteiger partial charge in [-0.25, -0.2) is 0 Å². The Morgan fingerprint density at radius 1 is 1.23 bits per heavy atom. The second kappa shape index (κ2) is 2.71. The highest BCUT2D eigenvalue weighted by atomic mass is 16.2. The number of carbonyl (C=O) groups excluding carboxylic acids is 1. The zero-order valence-electron chi connectivity index (χ0n) is 8.42. The summed E-state index contributed by atoms with van der Waals surface area (Å²) in [6.07, 6.45) is 4.75. The molecule has 2 N–H and O–H groups in total. The normalized spacial score (nSPS) is 32.7. The molecule has 74 valence electrons. The molecule has 3 nitrogen and oxygen atoms in total. The Labute approximate surface area is 79.3 Å². The summed E-state index contributed by atoms with van der Waals surface area (Å²) in [7, 11) is 0. The number of hydrogen-bond donors (Lipinski definition) is 1. The molecular weight excluding hydrogens is 164 g/mol. The lowest BCUT2D eigenvalue weighted by molar-refractivity contribution is -0.137. The molecule has 0 atom stereocenters. The third kappa shape index (κ3) is 1.35. The fourth-order valence-electron chi connectivity index (χ4n) is 2.58. The maximum Gasteiger partial charge on any atom is 0.242 e. The smallest absolute Gasteiger partial charge is 0.242 e. The zero-order valence-corrected chi connectivity index (χ0v) is 8.42. The second-order valence-corrected chi connectivity index (χ2v) is 4.90. The Morgan fingerprint density at radius 3 is 1.92 bits per heavy atom. The Hall–Kier alpha value is -0.570. The maximum absolute atomic E-state index is 11.9. The molecule has 2 heterocycles. The number of amides is 1. The van der Waals surface area contributed by atoms with E-state index >= 15 is 0 Å². The van der Waals surface area contributed by atoms with E-state index in [9.17, 15) is 4.79 Å². The van der Waals surface area contributed by atoms with E-state index in [1.54, 1.807) is 13.8 Å². The molecule has 2 aliphatic heterocycles. The Bertz CT molecular complexity index is 212. The second-order valence-electron chi connectivity index (χ2n) is 4.90. The van der Waals surface area contributed by atoms with E-state index in [-0.39, 0.29) is 5.91 Å². The summed E-state index contributed by atoms with van der Waals surface area (Å²) in [5.41, 5.74) is 5.13. The van der Waals surface area contributed by atoms with E-state index in [1.807, 2.05) is 4.90 Å². The number of nitrogens with zero attached hydrogens (tertiary/aromatic N) is 1. The van der Waals surface area contributed by atoms with Gasteiger partial charge < -0.3 is 10.6 Å². The van der Waals surface area contributed by atoms with Crippen molar-refractivity contribution < 1.29 is 4.79 Å². The van der Waals surface area contributed by atoms with Crippen molar-refractivity contribution in [3.63, 3.8) is 0 Å². The third-order valence-electron chi connectivity index (χ3n) is 3.24. The lowest BCUT2D eigenvalue weighted by Gasteiger charge is -2.29. The maximum atomic E-state index is 11.9. The first-order valence-corrected chi connectivity index (χ1v) is 5.12. The molecule has 2 rings (SSSR count). The molecule has 2 saturated heterocycles. The Balaban J connectivity index is 2.14. The average Bonchev–Trinajstić information content (AvgIpc) is 2.59. The van der Waals surface area contributed by atoms with Crippen LogP contribution in [0.1, 0.15) is 39.5 Å². The van der Waals surface area contributed by atoms with E-state index in [2.05, 4.69) is 0 Å². The van der Waals surface area contributed by atoms with Crippen molar-refractivity contribution in [1.29, 1.82) is 0 Å². The van der Waals surface area contributed by atoms with Crippen molar-refractivity contribution in [2.45, 2.75) is 57.2 Å². The average molecular weight is 182 g/mol. The molecule has 2 bridgehead atoms. The van der Waals surface area contributed by atoms with Crippen molar-refractivity contribution in [3.8, 4) is 0 Å². The summed E-state index contributed by atoms with van der Waals surface area (Å²) in [6, 6.07) is 1.00. The Kier molecular flexibility index (Phi) is 1.88. The monoisotopic (exact) mass is 182 g/mol. The van der Waals surface area contributed by atoms with Crippen LogP contribution < -0.4 is 5.73 Å². The minimum atomic E-state index is -0.689. The van der Waals surface area contributed by atoms with E-state index in [1.165, 1.54) is 25.7 Å². The number of fused-ring (bicyclic) bond motifs is 2. The first-order chi connectivity index (χ1) is 6.00. The highest BCUT2D eigenvalue weighted by molar-refractivity contribution is 5.86. The molecule has 0 unspecified atom stereocenters. The molecule has 0 aromatic heterocycles. The van der Waals surface area contributed by atoms with Gasteiger partial charge in [-0.3, -0.25) is 4.79 Å². The van der Waals surface area contributed by atoms with Crippen LogP contribution >= 0.6 is 0 Å².